The van der Waals surface area contributed by atoms with Gasteiger partial charge >= 0.3 is 12.0 Å². The number of nitrogens with zero attached hydrogens (tertiary/aromatic N) is 3. The third kappa shape index (κ3) is 3.28. The van der Waals surface area contributed by atoms with Crippen LogP contribution in [-0.4, -0.2) is 46.4 Å². The fraction of sp³-hybridized carbons (Fsp3) is 0.615. The van der Waals surface area contributed by atoms with Crippen LogP contribution < -0.4 is 5.32 Å². The number of esters is 1. The molecule has 1 aliphatic rings. The molecule has 1 aliphatic heterocycles. The number of hydrogen-bond acceptors (Lipinski definition) is 4. The fourth-order valence-electron chi connectivity index (χ4n) is 2.26. The number of nitrogens with one attached hydrogen (secondary N) is 1. The zero-order valence-corrected chi connectivity index (χ0v) is 11.8. The van der Waals surface area contributed by atoms with Crippen molar-refractivity contribution in [3.05, 3.63) is 12.3 Å². The van der Waals surface area contributed by atoms with Crippen LogP contribution in [0.1, 0.15) is 19.8 Å². The minimum absolute atomic E-state index is 0.0873. The Morgan fingerprint density at radius 3 is 2.70 bits per heavy atom. The molecule has 0 atom stereocenters. The Bertz CT molecular complexity index is 478. The van der Waals surface area contributed by atoms with Crippen molar-refractivity contribution in [1.29, 1.82) is 0 Å². The molecular formula is C13H20N4O3. The Labute approximate surface area is 117 Å². The first-order valence-corrected chi connectivity index (χ1v) is 6.82. The Hall–Kier alpha value is -2.05. The quantitative estimate of drug-likeness (QED) is 0.845. The van der Waals surface area contributed by atoms with Crippen LogP contribution in [0.5, 0.6) is 0 Å². The van der Waals surface area contributed by atoms with Crippen LogP contribution >= 0.6 is 0 Å². The maximum absolute atomic E-state index is 12.1. The van der Waals surface area contributed by atoms with E-state index in [4.69, 9.17) is 4.74 Å². The monoisotopic (exact) mass is 280 g/mol. The number of hydrogen-bond donors (Lipinski definition) is 1. The van der Waals surface area contributed by atoms with Crippen molar-refractivity contribution < 1.29 is 14.3 Å². The molecule has 0 aliphatic carbocycles. The number of likely N-dealkylation sites (tertiary alicyclic amines) is 1. The largest absolute Gasteiger partial charge is 0.466 e. The minimum Gasteiger partial charge on any atom is -0.466 e. The number of ether oxygens (including phenoxy) is 1. The molecule has 7 heteroatoms. The number of rotatable bonds is 3. The Kier molecular flexibility index (Phi) is 4.60. The van der Waals surface area contributed by atoms with Crippen LogP contribution in [0.2, 0.25) is 0 Å². The van der Waals surface area contributed by atoms with Gasteiger partial charge < -0.3 is 9.64 Å². The summed E-state index contributed by atoms with van der Waals surface area (Å²) in [5.41, 5.74) is 0. The normalized spacial score (nSPS) is 16.0. The van der Waals surface area contributed by atoms with E-state index in [2.05, 4.69) is 10.4 Å². The van der Waals surface area contributed by atoms with E-state index in [0.29, 0.717) is 38.4 Å². The number of piperidine rings is 1. The highest BCUT2D eigenvalue weighted by molar-refractivity contribution is 5.88. The lowest BCUT2D eigenvalue weighted by Gasteiger charge is -2.30. The number of aromatic nitrogens is 2. The summed E-state index contributed by atoms with van der Waals surface area (Å²) in [6, 6.07) is 1.58. The smallest absolute Gasteiger partial charge is 0.322 e. The van der Waals surface area contributed by atoms with Gasteiger partial charge in [0.25, 0.3) is 0 Å². The molecule has 0 radical (unpaired) electrons. The highest BCUT2D eigenvalue weighted by Gasteiger charge is 2.28. The summed E-state index contributed by atoms with van der Waals surface area (Å²) in [6.07, 6.45) is 2.93. The lowest BCUT2D eigenvalue weighted by Crippen LogP contribution is -2.43. The minimum atomic E-state index is -0.157. The van der Waals surface area contributed by atoms with Crippen molar-refractivity contribution in [3.63, 3.8) is 0 Å². The molecule has 2 rings (SSSR count). The number of urea groups is 1. The van der Waals surface area contributed by atoms with Gasteiger partial charge in [0.1, 0.15) is 5.82 Å². The second-order valence-corrected chi connectivity index (χ2v) is 4.78. The Balaban J connectivity index is 1.83. The summed E-state index contributed by atoms with van der Waals surface area (Å²) in [5.74, 6) is 0.414. The van der Waals surface area contributed by atoms with Crippen LogP contribution in [-0.2, 0) is 16.6 Å². The third-order valence-corrected chi connectivity index (χ3v) is 3.46. The summed E-state index contributed by atoms with van der Waals surface area (Å²) in [4.78, 5) is 25.4. The molecule has 7 nitrogen and oxygen atoms in total. The molecule has 2 heterocycles. The Morgan fingerprint density at radius 2 is 2.15 bits per heavy atom. The van der Waals surface area contributed by atoms with E-state index in [1.165, 1.54) is 0 Å². The van der Waals surface area contributed by atoms with Crippen molar-refractivity contribution in [2.75, 3.05) is 25.0 Å². The van der Waals surface area contributed by atoms with Gasteiger partial charge in [-0.3, -0.25) is 14.8 Å². The van der Waals surface area contributed by atoms with Gasteiger partial charge in [0.15, 0.2) is 0 Å². The van der Waals surface area contributed by atoms with Crippen molar-refractivity contribution in [1.82, 2.24) is 14.7 Å². The lowest BCUT2D eigenvalue weighted by molar-refractivity contribution is -0.149. The number of carbonyl (C=O) groups excluding carboxylic acids is 2. The van der Waals surface area contributed by atoms with E-state index >= 15 is 0 Å². The van der Waals surface area contributed by atoms with Gasteiger partial charge in [0, 0.05) is 26.2 Å². The molecule has 0 aromatic carbocycles. The SMILES string of the molecule is CCOC(=O)C1CCN(C(=O)Nc2ccnn2C)CC1. The van der Waals surface area contributed by atoms with Gasteiger partial charge in [0.05, 0.1) is 18.7 Å². The molecule has 1 saturated heterocycles. The van der Waals surface area contributed by atoms with Crippen molar-refractivity contribution >= 4 is 17.8 Å². The van der Waals surface area contributed by atoms with Crippen LogP contribution in [0.25, 0.3) is 0 Å². The van der Waals surface area contributed by atoms with E-state index in [1.807, 2.05) is 0 Å². The predicted octanol–water partition coefficient (Wildman–Crippen LogP) is 1.23. The highest BCUT2D eigenvalue weighted by atomic mass is 16.5. The predicted molar refractivity (Wildman–Crippen MR) is 73.2 cm³/mol. The molecule has 110 valence electrons. The summed E-state index contributed by atoms with van der Waals surface area (Å²) < 4.78 is 6.61. The number of amides is 2. The molecule has 0 unspecified atom stereocenters. The molecule has 1 fully saturated rings. The van der Waals surface area contributed by atoms with E-state index in [9.17, 15) is 9.59 Å². The molecule has 1 aromatic rings. The average molecular weight is 280 g/mol. The molecule has 0 bridgehead atoms. The summed E-state index contributed by atoms with van der Waals surface area (Å²) in [6.45, 7) is 3.33. The van der Waals surface area contributed by atoms with Gasteiger partial charge in [-0.2, -0.15) is 5.10 Å². The van der Waals surface area contributed by atoms with E-state index in [0.717, 1.165) is 0 Å². The van der Waals surface area contributed by atoms with Gasteiger partial charge in [-0.25, -0.2) is 4.79 Å². The maximum atomic E-state index is 12.1. The summed E-state index contributed by atoms with van der Waals surface area (Å²) in [5, 5.41) is 6.79. The van der Waals surface area contributed by atoms with Crippen LogP contribution in [0.4, 0.5) is 10.6 Å². The van der Waals surface area contributed by atoms with Crippen molar-refractivity contribution in [2.24, 2.45) is 13.0 Å². The Morgan fingerprint density at radius 1 is 1.45 bits per heavy atom. The van der Waals surface area contributed by atoms with E-state index in [-0.39, 0.29) is 17.9 Å². The molecule has 1 aromatic heterocycles. The van der Waals surface area contributed by atoms with Crippen molar-refractivity contribution in [2.45, 2.75) is 19.8 Å². The first-order valence-electron chi connectivity index (χ1n) is 6.82. The number of aryl methyl sites for hydroxylation is 1. The lowest BCUT2D eigenvalue weighted by atomic mass is 9.97. The molecule has 1 N–H and O–H groups in total. The highest BCUT2D eigenvalue weighted by Crippen LogP contribution is 2.19. The third-order valence-electron chi connectivity index (χ3n) is 3.46. The van der Waals surface area contributed by atoms with E-state index < -0.39 is 0 Å². The standard InChI is InChI=1S/C13H20N4O3/c1-3-20-12(18)10-5-8-17(9-6-10)13(19)15-11-4-7-14-16(11)2/h4,7,10H,3,5-6,8-9H2,1-2H3,(H,15,19). The molecule has 20 heavy (non-hydrogen) atoms. The van der Waals surface area contributed by atoms with Crippen LogP contribution in [0.15, 0.2) is 12.3 Å². The first-order chi connectivity index (χ1) is 9.61. The molecular weight excluding hydrogens is 260 g/mol. The number of anilines is 1. The van der Waals surface area contributed by atoms with Gasteiger partial charge in [-0.15, -0.1) is 0 Å². The van der Waals surface area contributed by atoms with E-state index in [1.54, 1.807) is 35.8 Å². The van der Waals surface area contributed by atoms with Gasteiger partial charge in [-0.05, 0) is 19.8 Å². The first kappa shape index (κ1) is 14.4. The van der Waals surface area contributed by atoms with Gasteiger partial charge in [-0.1, -0.05) is 0 Å². The zero-order valence-electron chi connectivity index (χ0n) is 11.8. The second kappa shape index (κ2) is 6.40. The summed E-state index contributed by atoms with van der Waals surface area (Å²) in [7, 11) is 1.77. The molecule has 2 amide bonds. The van der Waals surface area contributed by atoms with Crippen LogP contribution in [0.3, 0.4) is 0 Å². The summed E-state index contributed by atoms with van der Waals surface area (Å²) >= 11 is 0. The van der Waals surface area contributed by atoms with Crippen molar-refractivity contribution in [3.8, 4) is 0 Å². The number of carbonyl (C=O) groups is 2. The van der Waals surface area contributed by atoms with Gasteiger partial charge in [0.2, 0.25) is 0 Å². The maximum Gasteiger partial charge on any atom is 0.322 e. The second-order valence-electron chi connectivity index (χ2n) is 4.78. The molecule has 0 spiro atoms. The topological polar surface area (TPSA) is 76.5 Å². The zero-order chi connectivity index (χ0) is 14.5. The fourth-order valence-corrected chi connectivity index (χ4v) is 2.26. The molecule has 0 saturated carbocycles. The average Bonchev–Trinajstić information content (AvgIpc) is 2.85. The van der Waals surface area contributed by atoms with Crippen LogP contribution in [0, 0.1) is 5.92 Å².